The molecule has 33 heavy (non-hydrogen) atoms. The van der Waals surface area contributed by atoms with Crippen LogP contribution in [0.3, 0.4) is 0 Å². The van der Waals surface area contributed by atoms with Crippen LogP contribution >= 0.6 is 0 Å². The van der Waals surface area contributed by atoms with Crippen molar-refractivity contribution >= 4 is 11.9 Å². The summed E-state index contributed by atoms with van der Waals surface area (Å²) in [4.78, 5) is 23.2. The number of aromatic nitrogens is 3. The summed E-state index contributed by atoms with van der Waals surface area (Å²) in [6.07, 6.45) is 1.94. The molecular weight excluding hydrogens is 421 g/mol. The number of hydrogen-bond acceptors (Lipinski definition) is 6. The van der Waals surface area contributed by atoms with E-state index in [1.807, 2.05) is 56.3 Å². The SMILES string of the molecule is Cc1cc(-c2cnc(N(C)C)nc2-c2ccc(CNC(=O)Cc3ccc(F)cc3)cc2)on1. The van der Waals surface area contributed by atoms with E-state index >= 15 is 0 Å². The molecule has 0 aliphatic carbocycles. The van der Waals surface area contributed by atoms with Crippen LogP contribution in [0.2, 0.25) is 0 Å². The summed E-state index contributed by atoms with van der Waals surface area (Å²) >= 11 is 0. The van der Waals surface area contributed by atoms with Gasteiger partial charge in [0.25, 0.3) is 0 Å². The van der Waals surface area contributed by atoms with Gasteiger partial charge in [0.1, 0.15) is 5.82 Å². The molecule has 2 aromatic carbocycles. The third kappa shape index (κ3) is 5.41. The predicted molar refractivity (Wildman–Crippen MR) is 124 cm³/mol. The minimum Gasteiger partial charge on any atom is -0.356 e. The van der Waals surface area contributed by atoms with Gasteiger partial charge in [-0.3, -0.25) is 4.79 Å². The van der Waals surface area contributed by atoms with E-state index in [9.17, 15) is 9.18 Å². The molecular formula is C25H24FN5O2. The average Bonchev–Trinajstić information content (AvgIpc) is 3.25. The van der Waals surface area contributed by atoms with Crippen molar-refractivity contribution < 1.29 is 13.7 Å². The first-order valence-corrected chi connectivity index (χ1v) is 10.5. The fraction of sp³-hybridized carbons (Fsp3) is 0.200. The number of benzene rings is 2. The molecule has 0 aliphatic heterocycles. The zero-order valence-electron chi connectivity index (χ0n) is 18.7. The molecule has 0 spiro atoms. The van der Waals surface area contributed by atoms with Crippen LogP contribution in [0.5, 0.6) is 0 Å². The molecule has 0 aliphatic rings. The van der Waals surface area contributed by atoms with Gasteiger partial charge < -0.3 is 14.7 Å². The summed E-state index contributed by atoms with van der Waals surface area (Å²) < 4.78 is 18.5. The molecule has 0 fully saturated rings. The first-order chi connectivity index (χ1) is 15.9. The third-order valence-corrected chi connectivity index (χ3v) is 5.06. The number of nitrogens with zero attached hydrogens (tertiary/aromatic N) is 4. The average molecular weight is 445 g/mol. The van der Waals surface area contributed by atoms with Crippen LogP contribution in [0.15, 0.2) is 65.3 Å². The van der Waals surface area contributed by atoms with Crippen molar-refractivity contribution in [1.29, 1.82) is 0 Å². The van der Waals surface area contributed by atoms with Crippen LogP contribution in [0.4, 0.5) is 10.3 Å². The monoisotopic (exact) mass is 445 g/mol. The van der Waals surface area contributed by atoms with Crippen LogP contribution in [-0.2, 0) is 17.8 Å². The van der Waals surface area contributed by atoms with Gasteiger partial charge in [-0.05, 0) is 30.2 Å². The van der Waals surface area contributed by atoms with Crippen molar-refractivity contribution in [2.45, 2.75) is 19.9 Å². The van der Waals surface area contributed by atoms with E-state index in [0.29, 0.717) is 18.3 Å². The molecule has 0 radical (unpaired) electrons. The van der Waals surface area contributed by atoms with Crippen molar-refractivity contribution in [3.8, 4) is 22.6 Å². The fourth-order valence-corrected chi connectivity index (χ4v) is 3.31. The van der Waals surface area contributed by atoms with Crippen molar-refractivity contribution in [2.75, 3.05) is 19.0 Å². The lowest BCUT2D eigenvalue weighted by Crippen LogP contribution is -2.24. The Balaban J connectivity index is 1.50. The van der Waals surface area contributed by atoms with Crippen molar-refractivity contribution in [2.24, 2.45) is 0 Å². The normalized spacial score (nSPS) is 10.8. The van der Waals surface area contributed by atoms with Crippen molar-refractivity contribution in [1.82, 2.24) is 20.4 Å². The van der Waals surface area contributed by atoms with Gasteiger partial charge in [0.15, 0.2) is 5.76 Å². The zero-order chi connectivity index (χ0) is 23.4. The zero-order valence-corrected chi connectivity index (χ0v) is 18.7. The molecule has 8 heteroatoms. The molecule has 0 atom stereocenters. The lowest BCUT2D eigenvalue weighted by Gasteiger charge is -2.14. The molecule has 2 aromatic heterocycles. The number of hydrogen-bond donors (Lipinski definition) is 1. The van der Waals surface area contributed by atoms with Crippen LogP contribution in [0.25, 0.3) is 22.6 Å². The van der Waals surface area contributed by atoms with E-state index < -0.39 is 0 Å². The van der Waals surface area contributed by atoms with Crippen LogP contribution in [0.1, 0.15) is 16.8 Å². The lowest BCUT2D eigenvalue weighted by molar-refractivity contribution is -0.120. The molecule has 168 valence electrons. The Morgan fingerprint density at radius 1 is 1.06 bits per heavy atom. The summed E-state index contributed by atoms with van der Waals surface area (Å²) in [5, 5.41) is 6.87. The van der Waals surface area contributed by atoms with E-state index in [2.05, 4.69) is 15.5 Å². The van der Waals surface area contributed by atoms with Gasteiger partial charge in [0, 0.05) is 38.5 Å². The maximum atomic E-state index is 13.0. The number of halogens is 1. The minimum absolute atomic E-state index is 0.125. The Morgan fingerprint density at radius 3 is 2.39 bits per heavy atom. The van der Waals surface area contributed by atoms with Gasteiger partial charge in [-0.1, -0.05) is 41.6 Å². The third-order valence-electron chi connectivity index (χ3n) is 5.06. The van der Waals surface area contributed by atoms with Crippen molar-refractivity contribution in [3.05, 3.63) is 83.4 Å². The molecule has 0 bridgehead atoms. The second-order valence-corrected chi connectivity index (χ2v) is 7.94. The number of carbonyl (C=O) groups is 1. The largest absolute Gasteiger partial charge is 0.356 e. The second-order valence-electron chi connectivity index (χ2n) is 7.94. The highest BCUT2D eigenvalue weighted by atomic mass is 19.1. The first kappa shape index (κ1) is 22.1. The topological polar surface area (TPSA) is 84.2 Å². The maximum Gasteiger partial charge on any atom is 0.225 e. The molecule has 1 N–H and O–H groups in total. The molecule has 7 nitrogen and oxygen atoms in total. The van der Waals surface area contributed by atoms with Gasteiger partial charge >= 0.3 is 0 Å². The van der Waals surface area contributed by atoms with Gasteiger partial charge in [-0.2, -0.15) is 0 Å². The highest BCUT2D eigenvalue weighted by molar-refractivity contribution is 5.79. The molecule has 0 saturated carbocycles. The Kier molecular flexibility index (Phi) is 6.44. The number of carbonyl (C=O) groups excluding carboxylic acids is 1. The minimum atomic E-state index is -0.317. The fourth-order valence-electron chi connectivity index (χ4n) is 3.31. The Morgan fingerprint density at radius 2 is 1.76 bits per heavy atom. The molecule has 1 amide bonds. The number of nitrogens with one attached hydrogen (secondary N) is 1. The summed E-state index contributed by atoms with van der Waals surface area (Å²) in [5.74, 6) is 0.745. The lowest BCUT2D eigenvalue weighted by atomic mass is 10.0. The Labute approximate surface area is 191 Å². The van der Waals surface area contributed by atoms with Gasteiger partial charge in [-0.25, -0.2) is 14.4 Å². The smallest absolute Gasteiger partial charge is 0.225 e. The predicted octanol–water partition coefficient (Wildman–Crippen LogP) is 4.17. The second kappa shape index (κ2) is 9.60. The number of amides is 1. The van der Waals surface area contributed by atoms with E-state index in [1.54, 1.807) is 18.3 Å². The molecule has 4 aromatic rings. The van der Waals surface area contributed by atoms with E-state index in [0.717, 1.165) is 33.6 Å². The standard InChI is InChI=1S/C25H24FN5O2/c1-16-12-22(33-30-16)21-15-28-25(31(2)3)29-24(21)19-8-4-18(5-9-19)14-27-23(32)13-17-6-10-20(26)11-7-17/h4-12,15H,13-14H2,1-3H3,(H,27,32). The highest BCUT2D eigenvalue weighted by Crippen LogP contribution is 2.31. The first-order valence-electron chi connectivity index (χ1n) is 10.5. The number of aryl methyl sites for hydroxylation is 1. The highest BCUT2D eigenvalue weighted by Gasteiger charge is 2.16. The Bertz CT molecular complexity index is 1250. The Hall–Kier alpha value is -4.07. The van der Waals surface area contributed by atoms with E-state index in [4.69, 9.17) is 9.51 Å². The molecule has 2 heterocycles. The number of anilines is 1. The molecule has 0 unspecified atom stereocenters. The van der Waals surface area contributed by atoms with E-state index in [-0.39, 0.29) is 18.1 Å². The summed E-state index contributed by atoms with van der Waals surface area (Å²) in [5.41, 5.74) is 4.87. The van der Waals surface area contributed by atoms with Crippen LogP contribution in [0, 0.1) is 12.7 Å². The summed E-state index contributed by atoms with van der Waals surface area (Å²) in [6.45, 7) is 2.25. The summed E-state index contributed by atoms with van der Waals surface area (Å²) in [6, 6.07) is 15.6. The number of rotatable bonds is 7. The van der Waals surface area contributed by atoms with Crippen molar-refractivity contribution in [3.63, 3.8) is 0 Å². The van der Waals surface area contributed by atoms with Gasteiger partial charge in [-0.15, -0.1) is 0 Å². The van der Waals surface area contributed by atoms with Crippen LogP contribution < -0.4 is 10.2 Å². The van der Waals surface area contributed by atoms with Gasteiger partial charge in [0.2, 0.25) is 11.9 Å². The van der Waals surface area contributed by atoms with Crippen LogP contribution in [-0.4, -0.2) is 35.1 Å². The molecule has 4 rings (SSSR count). The van der Waals surface area contributed by atoms with E-state index in [1.165, 1.54) is 12.1 Å². The quantitative estimate of drug-likeness (QED) is 0.460. The van der Waals surface area contributed by atoms with Gasteiger partial charge in [0.05, 0.1) is 23.4 Å². The maximum absolute atomic E-state index is 13.0. The summed E-state index contributed by atoms with van der Waals surface area (Å²) in [7, 11) is 3.77. The molecule has 0 saturated heterocycles.